The van der Waals surface area contributed by atoms with Crippen molar-refractivity contribution in [1.29, 1.82) is 0 Å². The number of ether oxygens (including phenoxy) is 2. The summed E-state index contributed by atoms with van der Waals surface area (Å²) in [5, 5.41) is 9.48. The van der Waals surface area contributed by atoms with Crippen LogP contribution in [0, 0.1) is 6.92 Å². The first-order chi connectivity index (χ1) is 10.0. The van der Waals surface area contributed by atoms with Crippen molar-refractivity contribution in [3.05, 3.63) is 56.0 Å². The van der Waals surface area contributed by atoms with Crippen LogP contribution in [0.25, 0.3) is 0 Å². The zero-order valence-corrected chi connectivity index (χ0v) is 15.0. The molecule has 21 heavy (non-hydrogen) atoms. The molecule has 0 unspecified atom stereocenters. The summed E-state index contributed by atoms with van der Waals surface area (Å²) in [6.45, 7) is 2.26. The molecule has 5 heteroatoms. The maximum atomic E-state index is 9.48. The molecule has 2 aromatic carbocycles. The van der Waals surface area contributed by atoms with E-state index in [9.17, 15) is 5.11 Å². The third-order valence-corrected chi connectivity index (χ3v) is 4.05. The number of hydrogen-bond donors (Lipinski definition) is 1. The van der Waals surface area contributed by atoms with Crippen molar-refractivity contribution in [2.24, 2.45) is 0 Å². The minimum absolute atomic E-state index is 0.0643. The topological polar surface area (TPSA) is 38.7 Å². The highest BCUT2D eigenvalue weighted by molar-refractivity contribution is 9.10. The Bertz CT molecular complexity index is 642. The highest BCUT2D eigenvalue weighted by Crippen LogP contribution is 2.30. The Kier molecular flexibility index (Phi) is 5.67. The minimum atomic E-state index is -0.0643. The van der Waals surface area contributed by atoms with Crippen molar-refractivity contribution in [2.75, 3.05) is 7.11 Å². The van der Waals surface area contributed by atoms with Gasteiger partial charge in [0.2, 0.25) is 0 Å². The molecule has 0 bridgehead atoms. The second-order valence-corrected chi connectivity index (χ2v) is 6.45. The van der Waals surface area contributed by atoms with Crippen LogP contribution in [0.2, 0.25) is 0 Å². The van der Waals surface area contributed by atoms with E-state index in [0.29, 0.717) is 12.4 Å². The van der Waals surface area contributed by atoms with E-state index in [2.05, 4.69) is 31.9 Å². The van der Waals surface area contributed by atoms with Gasteiger partial charge in [-0.3, -0.25) is 0 Å². The van der Waals surface area contributed by atoms with Crippen LogP contribution < -0.4 is 9.47 Å². The van der Waals surface area contributed by atoms with E-state index in [1.165, 1.54) is 0 Å². The van der Waals surface area contributed by atoms with Crippen molar-refractivity contribution in [3.63, 3.8) is 0 Å². The van der Waals surface area contributed by atoms with Gasteiger partial charge in [0.15, 0.2) is 0 Å². The van der Waals surface area contributed by atoms with Gasteiger partial charge < -0.3 is 14.6 Å². The van der Waals surface area contributed by atoms with Crippen LogP contribution in [0.4, 0.5) is 0 Å². The zero-order chi connectivity index (χ0) is 15.4. The van der Waals surface area contributed by atoms with E-state index in [4.69, 9.17) is 9.47 Å². The third kappa shape index (κ3) is 3.99. The van der Waals surface area contributed by atoms with E-state index < -0.39 is 0 Å². The van der Waals surface area contributed by atoms with Crippen molar-refractivity contribution in [3.8, 4) is 11.5 Å². The Morgan fingerprint density at radius 3 is 2.43 bits per heavy atom. The van der Waals surface area contributed by atoms with Gasteiger partial charge in [0, 0.05) is 20.1 Å². The monoisotopic (exact) mass is 414 g/mol. The molecule has 0 heterocycles. The molecule has 1 N–H and O–H groups in total. The van der Waals surface area contributed by atoms with Crippen molar-refractivity contribution < 1.29 is 14.6 Å². The molecule has 0 fully saturated rings. The normalized spacial score (nSPS) is 10.5. The van der Waals surface area contributed by atoms with Gasteiger partial charge in [0.05, 0.1) is 13.7 Å². The Hall–Kier alpha value is -1.04. The van der Waals surface area contributed by atoms with Crippen LogP contribution >= 0.6 is 31.9 Å². The summed E-state index contributed by atoms with van der Waals surface area (Å²) >= 11 is 6.87. The van der Waals surface area contributed by atoms with Gasteiger partial charge in [0.1, 0.15) is 18.1 Å². The van der Waals surface area contributed by atoms with Crippen molar-refractivity contribution in [1.82, 2.24) is 0 Å². The van der Waals surface area contributed by atoms with E-state index in [-0.39, 0.29) is 6.61 Å². The van der Waals surface area contributed by atoms with Crippen molar-refractivity contribution >= 4 is 31.9 Å². The Balaban J connectivity index is 2.26. The minimum Gasteiger partial charge on any atom is -0.496 e. The first kappa shape index (κ1) is 16.3. The lowest BCUT2D eigenvalue weighted by molar-refractivity contribution is 0.255. The molecule has 0 saturated carbocycles. The van der Waals surface area contributed by atoms with Gasteiger partial charge in [0.25, 0.3) is 0 Å². The Morgan fingerprint density at radius 1 is 1.05 bits per heavy atom. The molecular formula is C16H16Br2O3. The average molecular weight is 416 g/mol. The first-order valence-corrected chi connectivity index (χ1v) is 7.99. The molecular weight excluding hydrogens is 400 g/mol. The van der Waals surface area contributed by atoms with E-state index >= 15 is 0 Å². The molecule has 0 amide bonds. The fourth-order valence-corrected chi connectivity index (χ4v) is 3.16. The van der Waals surface area contributed by atoms with E-state index in [1.54, 1.807) is 7.11 Å². The molecule has 0 atom stereocenters. The van der Waals surface area contributed by atoms with Gasteiger partial charge in [-0.05, 0) is 42.8 Å². The number of hydrogen-bond acceptors (Lipinski definition) is 3. The lowest BCUT2D eigenvalue weighted by Crippen LogP contribution is -2.03. The number of methoxy groups -OCH3 is 1. The summed E-state index contributed by atoms with van der Waals surface area (Å²) in [6, 6.07) is 9.61. The van der Waals surface area contributed by atoms with Crippen LogP contribution in [0.5, 0.6) is 11.5 Å². The molecule has 0 aromatic heterocycles. The lowest BCUT2D eigenvalue weighted by Gasteiger charge is -2.15. The van der Waals surface area contributed by atoms with Gasteiger partial charge in [-0.15, -0.1) is 0 Å². The van der Waals surface area contributed by atoms with Gasteiger partial charge >= 0.3 is 0 Å². The molecule has 0 radical (unpaired) electrons. The molecule has 0 aliphatic heterocycles. The summed E-state index contributed by atoms with van der Waals surface area (Å²) < 4.78 is 13.1. The predicted molar refractivity (Wildman–Crippen MR) is 89.8 cm³/mol. The summed E-state index contributed by atoms with van der Waals surface area (Å²) in [5.41, 5.74) is 2.68. The third-order valence-electron chi connectivity index (χ3n) is 3.10. The summed E-state index contributed by atoms with van der Waals surface area (Å²) in [7, 11) is 1.64. The molecule has 0 aliphatic rings. The highest BCUT2D eigenvalue weighted by atomic mass is 79.9. The maximum Gasteiger partial charge on any atom is 0.128 e. The number of aliphatic hydroxyl groups is 1. The number of rotatable bonds is 5. The summed E-state index contributed by atoms with van der Waals surface area (Å²) in [5.74, 6) is 1.49. The number of halogens is 2. The van der Waals surface area contributed by atoms with Crippen molar-refractivity contribution in [2.45, 2.75) is 20.1 Å². The number of benzene rings is 2. The second kappa shape index (κ2) is 7.29. The van der Waals surface area contributed by atoms with Crippen LogP contribution in [0.1, 0.15) is 16.7 Å². The molecule has 2 aromatic rings. The van der Waals surface area contributed by atoms with Gasteiger partial charge in [-0.2, -0.15) is 0 Å². The summed E-state index contributed by atoms with van der Waals surface area (Å²) in [6.07, 6.45) is 0. The zero-order valence-electron chi connectivity index (χ0n) is 11.8. The standard InChI is InChI=1S/C16H16Br2O3/c1-10-5-14(18)6-11(8-19)16(10)21-9-12-7-13(17)3-4-15(12)20-2/h3-7,19H,8-9H2,1-2H3. The van der Waals surface area contributed by atoms with Gasteiger partial charge in [-0.25, -0.2) is 0 Å². The van der Waals surface area contributed by atoms with Crippen LogP contribution in [0.3, 0.4) is 0 Å². The summed E-state index contributed by atoms with van der Waals surface area (Å²) in [4.78, 5) is 0. The number of aryl methyl sites for hydroxylation is 1. The fraction of sp³-hybridized carbons (Fsp3) is 0.250. The van der Waals surface area contributed by atoms with Crippen LogP contribution in [-0.4, -0.2) is 12.2 Å². The van der Waals surface area contributed by atoms with E-state index in [1.807, 2.05) is 37.3 Å². The van der Waals surface area contributed by atoms with Crippen LogP contribution in [-0.2, 0) is 13.2 Å². The first-order valence-electron chi connectivity index (χ1n) is 6.40. The number of aliphatic hydroxyl groups excluding tert-OH is 1. The predicted octanol–water partition coefficient (Wildman–Crippen LogP) is 4.60. The van der Waals surface area contributed by atoms with Gasteiger partial charge in [-0.1, -0.05) is 31.9 Å². The molecule has 2 rings (SSSR count). The van der Waals surface area contributed by atoms with E-state index in [0.717, 1.165) is 31.4 Å². The lowest BCUT2D eigenvalue weighted by atomic mass is 10.1. The second-order valence-electron chi connectivity index (χ2n) is 4.61. The smallest absolute Gasteiger partial charge is 0.128 e. The SMILES string of the molecule is COc1ccc(Br)cc1COc1c(C)cc(Br)cc1CO. The Morgan fingerprint density at radius 2 is 1.76 bits per heavy atom. The molecule has 112 valence electrons. The average Bonchev–Trinajstić information content (AvgIpc) is 2.45. The Labute approximate surface area is 141 Å². The fourth-order valence-electron chi connectivity index (χ4n) is 2.13. The maximum absolute atomic E-state index is 9.48. The van der Waals surface area contributed by atoms with Crippen LogP contribution in [0.15, 0.2) is 39.3 Å². The molecule has 3 nitrogen and oxygen atoms in total. The molecule has 0 aliphatic carbocycles. The quantitative estimate of drug-likeness (QED) is 0.775. The largest absolute Gasteiger partial charge is 0.496 e. The highest BCUT2D eigenvalue weighted by Gasteiger charge is 2.11. The molecule has 0 spiro atoms. The molecule has 0 saturated heterocycles.